The van der Waals surface area contributed by atoms with Crippen LogP contribution in [0.1, 0.15) is 34.8 Å². The minimum absolute atomic E-state index is 0.0339. The van der Waals surface area contributed by atoms with E-state index in [0.717, 1.165) is 12.0 Å². The molecule has 1 fully saturated rings. The van der Waals surface area contributed by atoms with E-state index in [1.165, 1.54) is 12.1 Å². The number of aliphatic hydroxyl groups excluding tert-OH is 1. The Kier molecular flexibility index (Phi) is 5.70. The molecule has 1 atom stereocenters. The van der Waals surface area contributed by atoms with E-state index in [4.69, 9.17) is 5.11 Å². The fraction of sp³-hybridized carbons (Fsp3) is 0.316. The zero-order valence-electron chi connectivity index (χ0n) is 14.3. The zero-order chi connectivity index (χ0) is 18.6. The van der Waals surface area contributed by atoms with Gasteiger partial charge < -0.3 is 10.0 Å². The molecule has 0 saturated carbocycles. The van der Waals surface area contributed by atoms with Crippen molar-refractivity contribution in [3.63, 3.8) is 0 Å². The molecule has 0 bridgehead atoms. The van der Waals surface area contributed by atoms with Gasteiger partial charge in [-0.1, -0.05) is 36.4 Å². The fourth-order valence-corrected chi connectivity index (χ4v) is 4.10. The third-order valence-electron chi connectivity index (χ3n) is 4.48. The van der Waals surface area contributed by atoms with E-state index in [0.29, 0.717) is 18.5 Å². The Bertz CT molecular complexity index is 868. The summed E-state index contributed by atoms with van der Waals surface area (Å²) in [6.07, 6.45) is 1.24. The molecule has 3 rings (SSSR count). The van der Waals surface area contributed by atoms with Crippen LogP contribution in [-0.2, 0) is 10.0 Å². The van der Waals surface area contributed by atoms with Crippen molar-refractivity contribution in [2.45, 2.75) is 23.8 Å². The quantitative estimate of drug-likeness (QED) is 0.725. The van der Waals surface area contributed by atoms with Gasteiger partial charge in [-0.05, 0) is 36.6 Å². The number of hydrogen-bond acceptors (Lipinski definition) is 4. The average Bonchev–Trinajstić information content (AvgIpc) is 2.62. The molecule has 0 aromatic heterocycles. The molecule has 6 nitrogen and oxygen atoms in total. The van der Waals surface area contributed by atoms with Crippen LogP contribution in [0.15, 0.2) is 59.5 Å². The van der Waals surface area contributed by atoms with Crippen LogP contribution in [0.4, 0.5) is 0 Å². The molecule has 1 saturated heterocycles. The lowest BCUT2D eigenvalue weighted by molar-refractivity contribution is 0.0460. The lowest BCUT2D eigenvalue weighted by atomic mass is 9.94. The van der Waals surface area contributed by atoms with Crippen molar-refractivity contribution in [2.75, 3.05) is 19.7 Å². The lowest BCUT2D eigenvalue weighted by Crippen LogP contribution is -2.45. The third-order valence-corrected chi connectivity index (χ3v) is 5.94. The highest BCUT2D eigenvalue weighted by Crippen LogP contribution is 2.34. The van der Waals surface area contributed by atoms with Crippen molar-refractivity contribution in [3.05, 3.63) is 65.7 Å². The maximum absolute atomic E-state index is 12.8. The van der Waals surface area contributed by atoms with Crippen LogP contribution >= 0.6 is 0 Å². The molecule has 0 spiro atoms. The molecule has 2 aromatic carbocycles. The van der Waals surface area contributed by atoms with Gasteiger partial charge in [0.1, 0.15) is 0 Å². The van der Waals surface area contributed by atoms with Crippen LogP contribution in [-0.4, -0.2) is 44.0 Å². The summed E-state index contributed by atoms with van der Waals surface area (Å²) in [6, 6.07) is 15.9. The number of aliphatic hydroxyl groups is 1. The van der Waals surface area contributed by atoms with Crippen molar-refractivity contribution in [1.82, 2.24) is 9.62 Å². The Balaban J connectivity index is 1.77. The molecule has 2 N–H and O–H groups in total. The monoisotopic (exact) mass is 374 g/mol. The molecular formula is C19H22N2O4S. The number of sulfonamides is 1. The number of carbonyl (C=O) groups is 1. The van der Waals surface area contributed by atoms with E-state index in [9.17, 15) is 13.2 Å². The minimum Gasteiger partial charge on any atom is -0.396 e. The van der Waals surface area contributed by atoms with E-state index in [1.807, 2.05) is 30.3 Å². The highest BCUT2D eigenvalue weighted by Gasteiger charge is 2.34. The van der Waals surface area contributed by atoms with Crippen molar-refractivity contribution in [1.29, 1.82) is 0 Å². The largest absolute Gasteiger partial charge is 0.396 e. The molecule has 0 unspecified atom stereocenters. The van der Waals surface area contributed by atoms with Gasteiger partial charge in [-0.2, -0.15) is 0 Å². The van der Waals surface area contributed by atoms with Crippen LogP contribution in [0.3, 0.4) is 0 Å². The normalized spacial score (nSPS) is 17.0. The molecule has 1 aliphatic rings. The standard InChI is InChI=1S/C19H22N2O4S/c22-13-5-11-20-26(24,25)17-9-4-8-16(14-17)19(23)21-12-10-18(21)15-6-2-1-3-7-15/h1-4,6-9,14,18,20,22H,5,10-13H2/t18-/m0/s1. The number of amides is 1. The lowest BCUT2D eigenvalue weighted by Gasteiger charge is -2.41. The van der Waals surface area contributed by atoms with Crippen LogP contribution < -0.4 is 4.72 Å². The summed E-state index contributed by atoms with van der Waals surface area (Å²) >= 11 is 0. The van der Waals surface area contributed by atoms with Crippen molar-refractivity contribution in [3.8, 4) is 0 Å². The number of hydrogen-bond donors (Lipinski definition) is 2. The number of nitrogens with zero attached hydrogens (tertiary/aromatic N) is 1. The second kappa shape index (κ2) is 7.99. The summed E-state index contributed by atoms with van der Waals surface area (Å²) in [5.41, 5.74) is 1.44. The summed E-state index contributed by atoms with van der Waals surface area (Å²) in [5.74, 6) is -0.169. The average molecular weight is 374 g/mol. The first-order chi connectivity index (χ1) is 12.5. The number of benzene rings is 2. The second-order valence-corrected chi connectivity index (χ2v) is 7.98. The van der Waals surface area contributed by atoms with Gasteiger partial charge in [0.25, 0.3) is 5.91 Å². The molecular weight excluding hydrogens is 352 g/mol. The topological polar surface area (TPSA) is 86.7 Å². The molecule has 138 valence electrons. The Hall–Kier alpha value is -2.22. The van der Waals surface area contributed by atoms with Gasteiger partial charge in [0, 0.05) is 25.3 Å². The molecule has 1 aliphatic heterocycles. The summed E-state index contributed by atoms with van der Waals surface area (Å²) in [6.45, 7) is 0.722. The molecule has 2 aromatic rings. The van der Waals surface area contributed by atoms with E-state index >= 15 is 0 Å². The summed E-state index contributed by atoms with van der Waals surface area (Å²) in [7, 11) is -3.70. The number of carbonyl (C=O) groups excluding carboxylic acids is 1. The summed E-state index contributed by atoms with van der Waals surface area (Å²) < 4.78 is 27.0. The molecule has 1 amide bonds. The first-order valence-electron chi connectivity index (χ1n) is 8.59. The Labute approximate surface area is 153 Å². The van der Waals surface area contributed by atoms with Gasteiger partial charge in [0.05, 0.1) is 10.9 Å². The predicted molar refractivity (Wildman–Crippen MR) is 98.2 cm³/mol. The highest BCUT2D eigenvalue weighted by atomic mass is 32.2. The molecule has 0 radical (unpaired) electrons. The second-order valence-electron chi connectivity index (χ2n) is 6.22. The minimum atomic E-state index is -3.70. The first-order valence-corrected chi connectivity index (χ1v) is 10.1. The van der Waals surface area contributed by atoms with Gasteiger partial charge in [0.15, 0.2) is 0 Å². The molecule has 7 heteroatoms. The third kappa shape index (κ3) is 3.95. The number of rotatable bonds is 7. The van der Waals surface area contributed by atoms with Gasteiger partial charge in [0.2, 0.25) is 10.0 Å². The van der Waals surface area contributed by atoms with Gasteiger partial charge in [-0.3, -0.25) is 4.79 Å². The van der Waals surface area contributed by atoms with E-state index in [1.54, 1.807) is 17.0 Å². The van der Waals surface area contributed by atoms with Gasteiger partial charge in [-0.15, -0.1) is 0 Å². The maximum atomic E-state index is 12.8. The number of likely N-dealkylation sites (tertiary alicyclic amines) is 1. The summed E-state index contributed by atoms with van der Waals surface area (Å²) in [5, 5.41) is 8.78. The highest BCUT2D eigenvalue weighted by molar-refractivity contribution is 7.89. The Morgan fingerprint density at radius 2 is 1.92 bits per heavy atom. The van der Waals surface area contributed by atoms with Crippen LogP contribution in [0, 0.1) is 0 Å². The molecule has 0 aliphatic carbocycles. The first kappa shape index (κ1) is 18.6. The molecule has 26 heavy (non-hydrogen) atoms. The smallest absolute Gasteiger partial charge is 0.254 e. The van der Waals surface area contributed by atoms with Gasteiger partial charge in [-0.25, -0.2) is 13.1 Å². The van der Waals surface area contributed by atoms with Crippen LogP contribution in [0.5, 0.6) is 0 Å². The van der Waals surface area contributed by atoms with E-state index in [-0.39, 0.29) is 30.0 Å². The molecule has 1 heterocycles. The van der Waals surface area contributed by atoms with Crippen LogP contribution in [0.25, 0.3) is 0 Å². The SMILES string of the molecule is O=C(c1cccc(S(=O)(=O)NCCCO)c1)N1CC[C@H]1c1ccccc1. The van der Waals surface area contributed by atoms with E-state index in [2.05, 4.69) is 4.72 Å². The summed E-state index contributed by atoms with van der Waals surface area (Å²) in [4.78, 5) is 14.6. The Morgan fingerprint density at radius 1 is 1.15 bits per heavy atom. The van der Waals surface area contributed by atoms with Crippen molar-refractivity contribution in [2.24, 2.45) is 0 Å². The Morgan fingerprint density at radius 3 is 2.58 bits per heavy atom. The predicted octanol–water partition coefficient (Wildman–Crippen LogP) is 1.93. The maximum Gasteiger partial charge on any atom is 0.254 e. The fourth-order valence-electron chi connectivity index (χ4n) is 2.98. The zero-order valence-corrected chi connectivity index (χ0v) is 15.2. The van der Waals surface area contributed by atoms with Crippen LogP contribution in [0.2, 0.25) is 0 Å². The van der Waals surface area contributed by atoms with Crippen molar-refractivity contribution < 1.29 is 18.3 Å². The van der Waals surface area contributed by atoms with Crippen molar-refractivity contribution >= 4 is 15.9 Å². The van der Waals surface area contributed by atoms with E-state index < -0.39 is 10.0 Å². The van der Waals surface area contributed by atoms with Gasteiger partial charge >= 0.3 is 0 Å². The number of nitrogens with one attached hydrogen (secondary N) is 1.